The number of hydrogen-bond acceptors (Lipinski definition) is 6. The fourth-order valence-electron chi connectivity index (χ4n) is 3.45. The van der Waals surface area contributed by atoms with Crippen molar-refractivity contribution in [3.8, 4) is 23.3 Å². The molecule has 1 saturated carbocycles. The van der Waals surface area contributed by atoms with Gasteiger partial charge in [0.15, 0.2) is 11.3 Å². The molecule has 1 aliphatic carbocycles. The highest BCUT2D eigenvalue weighted by atomic mass is 16.3. The van der Waals surface area contributed by atoms with Crippen LogP contribution in [0.4, 0.5) is 5.82 Å². The van der Waals surface area contributed by atoms with Gasteiger partial charge in [-0.2, -0.15) is 0 Å². The number of aromatic hydroxyl groups is 1. The number of rotatable bonds is 1. The molecular weight excluding hydrogens is 352 g/mol. The van der Waals surface area contributed by atoms with E-state index in [0.29, 0.717) is 39.6 Å². The van der Waals surface area contributed by atoms with Gasteiger partial charge in [-0.3, -0.25) is 4.57 Å². The minimum atomic E-state index is 0.206. The van der Waals surface area contributed by atoms with Crippen molar-refractivity contribution in [2.45, 2.75) is 26.7 Å². The smallest absolute Gasteiger partial charge is 0.165 e. The van der Waals surface area contributed by atoms with E-state index in [1.807, 2.05) is 24.5 Å². The van der Waals surface area contributed by atoms with E-state index in [-0.39, 0.29) is 5.75 Å². The third kappa shape index (κ3) is 2.46. The van der Waals surface area contributed by atoms with E-state index < -0.39 is 0 Å². The summed E-state index contributed by atoms with van der Waals surface area (Å²) in [5.41, 5.74) is 11.1. The van der Waals surface area contributed by atoms with E-state index in [9.17, 15) is 5.11 Å². The fraction of sp³-hybridized carbons (Fsp3) is 0.238. The number of nitrogens with two attached hydrogens (primary N) is 1. The number of fused-ring (bicyclic) bond motifs is 3. The summed E-state index contributed by atoms with van der Waals surface area (Å²) < 4.78 is 1.89. The normalized spacial score (nSPS) is 13.6. The fourth-order valence-corrected chi connectivity index (χ4v) is 3.45. The second kappa shape index (κ2) is 5.92. The maximum atomic E-state index is 10.3. The van der Waals surface area contributed by atoms with Crippen LogP contribution in [0.2, 0.25) is 0 Å². The molecule has 1 aromatic carbocycles. The Morgan fingerprint density at radius 3 is 2.75 bits per heavy atom. The van der Waals surface area contributed by atoms with Gasteiger partial charge < -0.3 is 10.8 Å². The molecule has 138 valence electrons. The molecule has 5 rings (SSSR count). The number of benzene rings is 1. The predicted molar refractivity (Wildman–Crippen MR) is 107 cm³/mol. The van der Waals surface area contributed by atoms with Crippen LogP contribution in [-0.4, -0.2) is 29.6 Å². The van der Waals surface area contributed by atoms with Gasteiger partial charge in [-0.05, 0) is 44.2 Å². The highest BCUT2D eigenvalue weighted by Crippen LogP contribution is 2.35. The lowest BCUT2D eigenvalue weighted by molar-refractivity contribution is 0.470. The number of aryl methyl sites for hydroxylation is 1. The van der Waals surface area contributed by atoms with E-state index >= 15 is 0 Å². The first-order chi connectivity index (χ1) is 13.5. The van der Waals surface area contributed by atoms with Crippen LogP contribution in [0.25, 0.3) is 27.9 Å². The van der Waals surface area contributed by atoms with Gasteiger partial charge in [0.25, 0.3) is 0 Å². The molecule has 7 heteroatoms. The Morgan fingerprint density at radius 2 is 1.96 bits per heavy atom. The van der Waals surface area contributed by atoms with Crippen molar-refractivity contribution in [2.75, 3.05) is 5.73 Å². The molecule has 1 aliphatic rings. The molecule has 3 heterocycles. The van der Waals surface area contributed by atoms with Crippen molar-refractivity contribution < 1.29 is 5.11 Å². The van der Waals surface area contributed by atoms with Crippen LogP contribution in [0, 0.1) is 31.6 Å². The average molecular weight is 370 g/mol. The zero-order valence-electron chi connectivity index (χ0n) is 15.6. The van der Waals surface area contributed by atoms with Crippen molar-refractivity contribution in [1.29, 1.82) is 0 Å². The molecule has 28 heavy (non-hydrogen) atoms. The molecule has 3 aromatic heterocycles. The Hall–Kier alpha value is -3.66. The highest BCUT2D eigenvalue weighted by Gasteiger charge is 2.22. The molecule has 4 aromatic rings. The number of hydrogen-bond donors (Lipinski definition) is 2. The third-order valence-corrected chi connectivity index (χ3v) is 5.08. The standard InChI is InChI=1S/C21H18N6O/c1-11-3-8-15(28)12(2)18(11)27-20-16(19(22)24-10-25-20)17-21(27)23-9-14(26-17)7-6-13-4-5-13/h3,8-10,13,28H,4-5H2,1-2H3,(H2,22,24,25). The predicted octanol–water partition coefficient (Wildman–Crippen LogP) is 3.03. The molecule has 1 fully saturated rings. The van der Waals surface area contributed by atoms with Crippen molar-refractivity contribution in [3.63, 3.8) is 0 Å². The molecule has 0 saturated heterocycles. The van der Waals surface area contributed by atoms with Gasteiger partial charge in [0.1, 0.15) is 29.1 Å². The van der Waals surface area contributed by atoms with E-state index in [1.54, 1.807) is 12.3 Å². The van der Waals surface area contributed by atoms with Crippen LogP contribution in [0.5, 0.6) is 5.75 Å². The molecule has 0 bridgehead atoms. The topological polar surface area (TPSA) is 103 Å². The SMILES string of the molecule is Cc1ccc(O)c(C)c1-n1c2ncc(C#CC3CC3)nc2c2c(N)ncnc21. The Balaban J connectivity index is 1.88. The van der Waals surface area contributed by atoms with E-state index in [1.165, 1.54) is 6.33 Å². The summed E-state index contributed by atoms with van der Waals surface area (Å²) in [5, 5.41) is 10.9. The summed E-state index contributed by atoms with van der Waals surface area (Å²) >= 11 is 0. The minimum Gasteiger partial charge on any atom is -0.508 e. The molecule has 0 spiro atoms. The van der Waals surface area contributed by atoms with Crippen LogP contribution in [0.3, 0.4) is 0 Å². The number of nitrogen functional groups attached to an aromatic ring is 1. The van der Waals surface area contributed by atoms with Gasteiger partial charge in [0, 0.05) is 11.5 Å². The third-order valence-electron chi connectivity index (χ3n) is 5.08. The lowest BCUT2D eigenvalue weighted by atomic mass is 10.1. The molecule has 0 atom stereocenters. The zero-order valence-corrected chi connectivity index (χ0v) is 15.6. The Bertz CT molecular complexity index is 1320. The molecular formula is C21H18N6O. The van der Waals surface area contributed by atoms with E-state index in [4.69, 9.17) is 10.7 Å². The van der Waals surface area contributed by atoms with E-state index in [0.717, 1.165) is 29.7 Å². The van der Waals surface area contributed by atoms with Crippen LogP contribution < -0.4 is 5.73 Å². The lowest BCUT2D eigenvalue weighted by Crippen LogP contribution is -2.03. The van der Waals surface area contributed by atoms with E-state index in [2.05, 4.69) is 26.8 Å². The van der Waals surface area contributed by atoms with Crippen LogP contribution in [0.15, 0.2) is 24.7 Å². The number of nitrogens with zero attached hydrogens (tertiary/aromatic N) is 5. The Kier molecular flexibility index (Phi) is 3.49. The largest absolute Gasteiger partial charge is 0.508 e. The minimum absolute atomic E-state index is 0.206. The monoisotopic (exact) mass is 370 g/mol. The van der Waals surface area contributed by atoms with Gasteiger partial charge in [0.05, 0.1) is 17.3 Å². The van der Waals surface area contributed by atoms with Gasteiger partial charge in [-0.15, -0.1) is 0 Å². The van der Waals surface area contributed by atoms with Gasteiger partial charge in [-0.1, -0.05) is 12.0 Å². The quantitative estimate of drug-likeness (QED) is 0.499. The van der Waals surface area contributed by atoms with Crippen molar-refractivity contribution in [2.24, 2.45) is 5.92 Å². The Morgan fingerprint density at radius 1 is 1.14 bits per heavy atom. The van der Waals surface area contributed by atoms with Gasteiger partial charge >= 0.3 is 0 Å². The maximum Gasteiger partial charge on any atom is 0.165 e. The number of anilines is 1. The van der Waals surface area contributed by atoms with Gasteiger partial charge in [-0.25, -0.2) is 19.9 Å². The van der Waals surface area contributed by atoms with Crippen LogP contribution in [-0.2, 0) is 0 Å². The maximum absolute atomic E-state index is 10.3. The first kappa shape index (κ1) is 16.5. The lowest BCUT2D eigenvalue weighted by Gasteiger charge is -2.14. The van der Waals surface area contributed by atoms with Crippen molar-refractivity contribution in [3.05, 3.63) is 41.5 Å². The summed E-state index contributed by atoms with van der Waals surface area (Å²) in [6.45, 7) is 3.84. The average Bonchev–Trinajstić information content (AvgIpc) is 3.46. The Labute approximate surface area is 161 Å². The summed E-state index contributed by atoms with van der Waals surface area (Å²) in [6.07, 6.45) is 5.40. The van der Waals surface area contributed by atoms with Crippen molar-refractivity contribution in [1.82, 2.24) is 24.5 Å². The molecule has 3 N–H and O–H groups in total. The second-order valence-electron chi connectivity index (χ2n) is 7.14. The number of phenolic OH excluding ortho intramolecular Hbond substituents is 1. The van der Waals surface area contributed by atoms with Crippen molar-refractivity contribution >= 4 is 28.0 Å². The first-order valence-corrected chi connectivity index (χ1v) is 9.13. The number of phenols is 1. The summed E-state index contributed by atoms with van der Waals surface area (Å²) in [6, 6.07) is 3.55. The number of aromatic nitrogens is 5. The molecule has 0 aliphatic heterocycles. The van der Waals surface area contributed by atoms with Crippen LogP contribution in [0.1, 0.15) is 29.7 Å². The first-order valence-electron chi connectivity index (χ1n) is 9.13. The molecule has 0 radical (unpaired) electrons. The molecule has 0 amide bonds. The van der Waals surface area contributed by atoms with Crippen LogP contribution >= 0.6 is 0 Å². The second-order valence-corrected chi connectivity index (χ2v) is 7.14. The zero-order chi connectivity index (χ0) is 19.4. The summed E-state index contributed by atoms with van der Waals surface area (Å²) in [5.74, 6) is 7.34. The van der Waals surface area contributed by atoms with Gasteiger partial charge in [0.2, 0.25) is 0 Å². The summed E-state index contributed by atoms with van der Waals surface area (Å²) in [4.78, 5) is 17.9. The molecule has 0 unspecified atom stereocenters. The molecule has 7 nitrogen and oxygen atoms in total. The highest BCUT2D eigenvalue weighted by molar-refractivity contribution is 6.09. The summed E-state index contributed by atoms with van der Waals surface area (Å²) in [7, 11) is 0.